The molecule has 0 spiro atoms. The van der Waals surface area contributed by atoms with Crippen LogP contribution in [0.1, 0.15) is 6.92 Å². The van der Waals surface area contributed by atoms with Gasteiger partial charge in [0.2, 0.25) is 0 Å². The van der Waals surface area contributed by atoms with Crippen molar-refractivity contribution in [1.29, 1.82) is 0 Å². The Balaban J connectivity index is 7.41. The lowest BCUT2D eigenvalue weighted by Gasteiger charge is -2.45. The van der Waals surface area contributed by atoms with Crippen LogP contribution in [0.4, 0.5) is 74.6 Å². The summed E-state index contributed by atoms with van der Waals surface area (Å²) < 4.78 is 223. The molecule has 19 heteroatoms. The van der Waals surface area contributed by atoms with Gasteiger partial charge in [-0.25, -0.2) is 9.18 Å². The van der Waals surface area contributed by atoms with Crippen LogP contribution in [-0.4, -0.2) is 53.8 Å². The zero-order chi connectivity index (χ0) is 25.9. The predicted octanol–water partition coefficient (Wildman–Crippen LogP) is 6.07. The highest BCUT2D eigenvalue weighted by Gasteiger charge is 2.98. The first-order valence-corrected chi connectivity index (χ1v) is 6.68. The van der Waals surface area contributed by atoms with Crippen molar-refractivity contribution in [1.82, 2.24) is 0 Å². The molecule has 0 aromatic heterocycles. The van der Waals surface area contributed by atoms with Gasteiger partial charge in [0.05, 0.1) is 0 Å². The average molecular weight is 504 g/mol. The molecule has 0 saturated carbocycles. The highest BCUT2D eigenvalue weighted by atomic mass is 19.4. The van der Waals surface area contributed by atoms with Crippen LogP contribution in [0.15, 0.2) is 12.2 Å². The topological polar surface area (TPSA) is 26.3 Å². The molecule has 2 nitrogen and oxygen atoms in total. The molecule has 1 atom stereocenters. The summed E-state index contributed by atoms with van der Waals surface area (Å²) in [4.78, 5) is 11.0. The Bertz CT molecular complexity index is 698. The van der Waals surface area contributed by atoms with Crippen molar-refractivity contribution in [3.05, 3.63) is 12.2 Å². The lowest BCUT2D eigenvalue weighted by Crippen LogP contribution is -2.78. The van der Waals surface area contributed by atoms with Crippen LogP contribution in [0.25, 0.3) is 0 Å². The molecule has 0 fully saturated rings. The fourth-order valence-electron chi connectivity index (χ4n) is 1.66. The van der Waals surface area contributed by atoms with E-state index in [1.165, 1.54) is 0 Å². The molecule has 184 valence electrons. The summed E-state index contributed by atoms with van der Waals surface area (Å²) in [5, 5.41) is 0. The second-order valence-corrected chi connectivity index (χ2v) is 5.64. The van der Waals surface area contributed by atoms with E-state index in [4.69, 9.17) is 0 Å². The van der Waals surface area contributed by atoms with Gasteiger partial charge in [-0.05, 0) is 6.92 Å². The summed E-state index contributed by atoms with van der Waals surface area (Å²) in [6, 6.07) is 0. The first-order chi connectivity index (χ1) is 13.1. The van der Waals surface area contributed by atoms with E-state index in [-0.39, 0.29) is 6.92 Å². The van der Waals surface area contributed by atoms with Crippen LogP contribution in [-0.2, 0) is 9.53 Å². The molecule has 0 radical (unpaired) electrons. The third-order valence-electron chi connectivity index (χ3n) is 3.35. The molecule has 0 rings (SSSR count). The molecular weight excluding hydrogens is 499 g/mol. The molecule has 1 unspecified atom stereocenters. The number of esters is 1. The van der Waals surface area contributed by atoms with Gasteiger partial charge in [0.1, 0.15) is 0 Å². The Morgan fingerprint density at radius 3 is 1.13 bits per heavy atom. The monoisotopic (exact) mass is 504 g/mol. The standard InChI is InChI=1S/C12H5F17O2/c1-3(2)4(30)31-9(20,8(18,19)12(27,28)29)7(16,17)6(14,15)5(13,10(21,22)23)11(24,25)26/h1H2,2H3. The highest BCUT2D eigenvalue weighted by molar-refractivity contribution is 5.87. The number of halogens is 17. The predicted molar refractivity (Wildman–Crippen MR) is 61.6 cm³/mol. The Kier molecular flexibility index (Phi) is 6.81. The minimum atomic E-state index is -8.81. The SMILES string of the molecule is C=C(C)C(=O)OC(F)(C(F)(F)C(F)(F)F)C(F)(F)C(F)(F)C(F)(C(F)(F)F)C(F)(F)F. The molecule has 0 N–H and O–H groups in total. The third kappa shape index (κ3) is 3.87. The molecule has 0 bridgehead atoms. The Hall–Kier alpha value is -1.98. The van der Waals surface area contributed by atoms with Crippen molar-refractivity contribution in [3.8, 4) is 0 Å². The van der Waals surface area contributed by atoms with Crippen LogP contribution in [0.2, 0.25) is 0 Å². The van der Waals surface area contributed by atoms with Gasteiger partial charge in [0, 0.05) is 5.57 Å². The maximum atomic E-state index is 14.2. The largest absolute Gasteiger partial charge is 0.461 e. The van der Waals surface area contributed by atoms with Crippen molar-refractivity contribution in [2.24, 2.45) is 0 Å². The van der Waals surface area contributed by atoms with Gasteiger partial charge in [-0.15, -0.1) is 0 Å². The van der Waals surface area contributed by atoms with Crippen molar-refractivity contribution in [2.45, 2.75) is 54.7 Å². The Morgan fingerprint density at radius 2 is 0.903 bits per heavy atom. The number of alkyl halides is 17. The van der Waals surface area contributed by atoms with E-state index < -0.39 is 59.4 Å². The molecule has 0 aromatic carbocycles. The summed E-state index contributed by atoms with van der Waals surface area (Å²) in [6.45, 7) is 2.50. The normalized spacial score (nSPS) is 17.2. The molecule has 0 aliphatic rings. The maximum Gasteiger partial charge on any atom is 0.461 e. The number of carbonyl (C=O) groups is 1. The van der Waals surface area contributed by atoms with E-state index in [0.717, 1.165) is 0 Å². The van der Waals surface area contributed by atoms with Crippen molar-refractivity contribution in [2.75, 3.05) is 0 Å². The minimum Gasteiger partial charge on any atom is -0.413 e. The molecule has 0 aliphatic heterocycles. The lowest BCUT2D eigenvalue weighted by atomic mass is 9.85. The summed E-state index contributed by atoms with van der Waals surface area (Å²) in [6.07, 6.45) is -24.2. The smallest absolute Gasteiger partial charge is 0.413 e. The zero-order valence-corrected chi connectivity index (χ0v) is 13.9. The van der Waals surface area contributed by atoms with Crippen LogP contribution in [0, 0.1) is 0 Å². The number of hydrogen-bond acceptors (Lipinski definition) is 2. The number of carbonyl (C=O) groups excluding carboxylic acids is 1. The first-order valence-electron chi connectivity index (χ1n) is 6.68. The summed E-state index contributed by atoms with van der Waals surface area (Å²) >= 11 is 0. The van der Waals surface area contributed by atoms with Gasteiger partial charge in [-0.2, -0.15) is 70.2 Å². The Labute approximate surface area is 158 Å². The second kappa shape index (κ2) is 7.28. The molecule has 31 heavy (non-hydrogen) atoms. The average Bonchev–Trinajstić information content (AvgIpc) is 2.49. The van der Waals surface area contributed by atoms with E-state index in [1.54, 1.807) is 0 Å². The van der Waals surface area contributed by atoms with E-state index >= 15 is 0 Å². The van der Waals surface area contributed by atoms with E-state index in [0.29, 0.717) is 0 Å². The molecule has 0 aromatic rings. The third-order valence-corrected chi connectivity index (χ3v) is 3.35. The highest BCUT2D eigenvalue weighted by Crippen LogP contribution is 2.65. The van der Waals surface area contributed by atoms with Crippen molar-refractivity contribution in [3.63, 3.8) is 0 Å². The van der Waals surface area contributed by atoms with Gasteiger partial charge in [-0.1, -0.05) is 6.58 Å². The minimum absolute atomic E-state index is 0.176. The number of ether oxygens (including phenoxy) is 1. The maximum absolute atomic E-state index is 14.2. The van der Waals surface area contributed by atoms with E-state index in [9.17, 15) is 79.4 Å². The molecule has 0 aliphatic carbocycles. The summed E-state index contributed by atoms with van der Waals surface area (Å²) in [5.74, 6) is -36.8. The van der Waals surface area contributed by atoms with Gasteiger partial charge >= 0.3 is 53.8 Å². The number of rotatable bonds is 6. The second-order valence-electron chi connectivity index (χ2n) is 5.64. The van der Waals surface area contributed by atoms with Crippen molar-refractivity contribution < 1.29 is 84.2 Å². The zero-order valence-electron chi connectivity index (χ0n) is 13.9. The van der Waals surface area contributed by atoms with Crippen LogP contribution < -0.4 is 0 Å². The fourth-order valence-corrected chi connectivity index (χ4v) is 1.66. The molecular formula is C12H5F17O2. The quantitative estimate of drug-likeness (QED) is 0.250. The number of hydrogen-bond donors (Lipinski definition) is 0. The summed E-state index contributed by atoms with van der Waals surface area (Å²) in [5.41, 5.74) is -10.2. The van der Waals surface area contributed by atoms with E-state index in [1.807, 2.05) is 0 Å². The van der Waals surface area contributed by atoms with E-state index in [2.05, 4.69) is 11.3 Å². The fraction of sp³-hybridized carbons (Fsp3) is 0.750. The first kappa shape index (κ1) is 29.0. The van der Waals surface area contributed by atoms with Gasteiger partial charge in [0.15, 0.2) is 0 Å². The summed E-state index contributed by atoms with van der Waals surface area (Å²) in [7, 11) is 0. The van der Waals surface area contributed by atoms with Crippen LogP contribution >= 0.6 is 0 Å². The molecule has 0 saturated heterocycles. The van der Waals surface area contributed by atoms with Crippen molar-refractivity contribution >= 4 is 5.97 Å². The molecule has 0 heterocycles. The van der Waals surface area contributed by atoms with Crippen LogP contribution in [0.3, 0.4) is 0 Å². The van der Waals surface area contributed by atoms with Gasteiger partial charge in [-0.3, -0.25) is 0 Å². The molecule has 0 amide bonds. The van der Waals surface area contributed by atoms with Gasteiger partial charge < -0.3 is 4.74 Å². The van der Waals surface area contributed by atoms with Crippen LogP contribution in [0.5, 0.6) is 0 Å². The lowest BCUT2D eigenvalue weighted by molar-refractivity contribution is -0.482. The Morgan fingerprint density at radius 1 is 0.581 bits per heavy atom. The van der Waals surface area contributed by atoms with Gasteiger partial charge in [0.25, 0.3) is 0 Å².